The predicted octanol–water partition coefficient (Wildman–Crippen LogP) is 4.48. The quantitative estimate of drug-likeness (QED) is 0.560. The average molecular weight is 363 g/mol. The minimum Gasteiger partial charge on any atom is -0.372 e. The monoisotopic (exact) mass is 363 g/mol. The first-order chi connectivity index (χ1) is 12.0. The fraction of sp³-hybridized carbons (Fsp3) is 0.316. The number of aryl methyl sites for hydroxylation is 1. The van der Waals surface area contributed by atoms with E-state index in [1.165, 1.54) is 17.3 Å². The van der Waals surface area contributed by atoms with Gasteiger partial charge in [-0.2, -0.15) is 0 Å². The van der Waals surface area contributed by atoms with Gasteiger partial charge in [0.1, 0.15) is 0 Å². The Hall–Kier alpha value is -2.21. The highest BCUT2D eigenvalue weighted by atomic mass is 32.1. The van der Waals surface area contributed by atoms with Crippen LogP contribution >= 0.6 is 12.2 Å². The van der Waals surface area contributed by atoms with Crippen molar-refractivity contribution in [3.05, 3.63) is 59.7 Å². The van der Waals surface area contributed by atoms with Gasteiger partial charge in [0.25, 0.3) is 0 Å². The van der Waals surface area contributed by atoms with Gasteiger partial charge in [0, 0.05) is 37.1 Å². The zero-order valence-corrected chi connectivity index (χ0v) is 15.3. The van der Waals surface area contributed by atoms with E-state index < -0.39 is 11.6 Å². The number of nitrogens with one attached hydrogen (secondary N) is 2. The largest absolute Gasteiger partial charge is 0.372 e. The lowest BCUT2D eigenvalue weighted by molar-refractivity contribution is 0.509. The second kappa shape index (κ2) is 9.32. The average Bonchev–Trinajstić information content (AvgIpc) is 2.59. The summed E-state index contributed by atoms with van der Waals surface area (Å²) in [4.78, 5) is 2.30. The van der Waals surface area contributed by atoms with E-state index in [1.807, 2.05) is 0 Å². The second-order valence-corrected chi connectivity index (χ2v) is 6.19. The second-order valence-electron chi connectivity index (χ2n) is 5.78. The van der Waals surface area contributed by atoms with Gasteiger partial charge in [0.2, 0.25) is 0 Å². The maximum atomic E-state index is 13.2. The predicted molar refractivity (Wildman–Crippen MR) is 104 cm³/mol. The van der Waals surface area contributed by atoms with Crippen LogP contribution in [0, 0.1) is 18.6 Å². The zero-order valence-electron chi connectivity index (χ0n) is 14.5. The molecule has 0 heterocycles. The summed E-state index contributed by atoms with van der Waals surface area (Å²) in [6.45, 7) is 6.73. The van der Waals surface area contributed by atoms with Crippen molar-refractivity contribution in [2.75, 3.05) is 29.9 Å². The van der Waals surface area contributed by atoms with Crippen molar-refractivity contribution in [3.63, 3.8) is 0 Å². The lowest BCUT2D eigenvalue weighted by Crippen LogP contribution is -2.32. The van der Waals surface area contributed by atoms with Crippen molar-refractivity contribution in [1.82, 2.24) is 5.32 Å². The van der Waals surface area contributed by atoms with Gasteiger partial charge in [0.05, 0.1) is 0 Å². The van der Waals surface area contributed by atoms with Crippen LogP contribution in [0.25, 0.3) is 0 Å². The van der Waals surface area contributed by atoms with Crippen LogP contribution in [-0.2, 0) is 0 Å². The summed E-state index contributed by atoms with van der Waals surface area (Å²) < 4.78 is 26.1. The first-order valence-corrected chi connectivity index (χ1v) is 8.72. The molecule has 0 bridgehead atoms. The Morgan fingerprint density at radius 1 is 1.08 bits per heavy atom. The van der Waals surface area contributed by atoms with Gasteiger partial charge in [0.15, 0.2) is 16.7 Å². The van der Waals surface area contributed by atoms with E-state index in [-0.39, 0.29) is 0 Å². The smallest absolute Gasteiger partial charge is 0.170 e. The number of nitrogens with zero attached hydrogens (tertiary/aromatic N) is 1. The SMILES string of the molecule is CCN(CCCNC(=S)Nc1ccc(F)c(F)c1)c1ccc(C)cc1. The van der Waals surface area contributed by atoms with Gasteiger partial charge in [-0.3, -0.25) is 0 Å². The first-order valence-electron chi connectivity index (χ1n) is 8.31. The molecule has 25 heavy (non-hydrogen) atoms. The maximum Gasteiger partial charge on any atom is 0.170 e. The fourth-order valence-electron chi connectivity index (χ4n) is 2.45. The van der Waals surface area contributed by atoms with Crippen LogP contribution in [0.15, 0.2) is 42.5 Å². The lowest BCUT2D eigenvalue weighted by Gasteiger charge is -2.23. The standard InChI is InChI=1S/C19H23F2N3S/c1-3-24(16-8-5-14(2)6-9-16)12-4-11-22-19(25)23-15-7-10-17(20)18(21)13-15/h5-10,13H,3-4,11-12H2,1-2H3,(H2,22,23,25). The highest BCUT2D eigenvalue weighted by molar-refractivity contribution is 7.80. The number of halogens is 2. The molecule has 0 unspecified atom stereocenters. The van der Waals surface area contributed by atoms with Gasteiger partial charge in [-0.1, -0.05) is 17.7 Å². The summed E-state index contributed by atoms with van der Waals surface area (Å²) in [6.07, 6.45) is 0.904. The molecule has 0 aliphatic rings. The number of thiocarbonyl (C=S) groups is 1. The number of benzene rings is 2. The van der Waals surface area contributed by atoms with E-state index in [4.69, 9.17) is 12.2 Å². The zero-order chi connectivity index (χ0) is 18.2. The highest BCUT2D eigenvalue weighted by Gasteiger charge is 2.05. The summed E-state index contributed by atoms with van der Waals surface area (Å²) in [5.41, 5.74) is 2.87. The van der Waals surface area contributed by atoms with Crippen LogP contribution < -0.4 is 15.5 Å². The molecular weight excluding hydrogens is 340 g/mol. The highest BCUT2D eigenvalue weighted by Crippen LogP contribution is 2.15. The number of anilines is 2. The molecule has 0 aliphatic heterocycles. The third-order valence-electron chi connectivity index (χ3n) is 3.85. The number of hydrogen-bond acceptors (Lipinski definition) is 2. The van der Waals surface area contributed by atoms with Gasteiger partial charge in [-0.05, 0) is 56.8 Å². The van der Waals surface area contributed by atoms with Crippen molar-refractivity contribution in [3.8, 4) is 0 Å². The minimum absolute atomic E-state index is 0.393. The van der Waals surface area contributed by atoms with Crippen molar-refractivity contribution in [2.45, 2.75) is 20.3 Å². The molecule has 0 aromatic heterocycles. The Morgan fingerprint density at radius 2 is 1.80 bits per heavy atom. The third kappa shape index (κ3) is 5.98. The summed E-state index contributed by atoms with van der Waals surface area (Å²) in [5, 5.41) is 6.33. The Kier molecular flexibility index (Phi) is 7.13. The molecule has 134 valence electrons. The first kappa shape index (κ1) is 19.1. The van der Waals surface area contributed by atoms with Crippen LogP contribution in [0.2, 0.25) is 0 Å². The van der Waals surface area contributed by atoms with Crippen molar-refractivity contribution in [1.29, 1.82) is 0 Å². The molecule has 0 spiro atoms. The Labute approximate surface area is 153 Å². The van der Waals surface area contributed by atoms with E-state index >= 15 is 0 Å². The Balaban J connectivity index is 1.74. The minimum atomic E-state index is -0.899. The fourth-order valence-corrected chi connectivity index (χ4v) is 2.67. The van der Waals surface area contributed by atoms with Crippen molar-refractivity contribution >= 4 is 28.7 Å². The molecule has 2 aromatic rings. The molecule has 0 fully saturated rings. The van der Waals surface area contributed by atoms with E-state index in [9.17, 15) is 8.78 Å². The normalized spacial score (nSPS) is 10.4. The lowest BCUT2D eigenvalue weighted by atomic mass is 10.2. The van der Waals surface area contributed by atoms with Gasteiger partial charge in [-0.25, -0.2) is 8.78 Å². The topological polar surface area (TPSA) is 27.3 Å². The number of hydrogen-bond donors (Lipinski definition) is 2. The molecular formula is C19H23F2N3S. The molecule has 6 heteroatoms. The Morgan fingerprint density at radius 3 is 2.44 bits per heavy atom. The van der Waals surface area contributed by atoms with Gasteiger partial charge >= 0.3 is 0 Å². The van der Waals surface area contributed by atoms with Gasteiger partial charge in [-0.15, -0.1) is 0 Å². The summed E-state index contributed by atoms with van der Waals surface area (Å²) >= 11 is 5.18. The van der Waals surface area contributed by atoms with Crippen LogP contribution in [-0.4, -0.2) is 24.7 Å². The van der Waals surface area contributed by atoms with Gasteiger partial charge < -0.3 is 15.5 Å². The molecule has 2 N–H and O–H groups in total. The molecule has 2 rings (SSSR count). The molecule has 0 aliphatic carbocycles. The third-order valence-corrected chi connectivity index (χ3v) is 4.10. The van der Waals surface area contributed by atoms with Crippen LogP contribution in [0.3, 0.4) is 0 Å². The van der Waals surface area contributed by atoms with Crippen molar-refractivity contribution in [2.24, 2.45) is 0 Å². The molecule has 2 aromatic carbocycles. The summed E-state index contributed by atoms with van der Waals surface area (Å²) in [6, 6.07) is 12.1. The summed E-state index contributed by atoms with van der Waals surface area (Å²) in [7, 11) is 0. The van der Waals surface area contributed by atoms with Crippen molar-refractivity contribution < 1.29 is 8.78 Å². The van der Waals surface area contributed by atoms with E-state index in [1.54, 1.807) is 0 Å². The maximum absolute atomic E-state index is 13.2. The van der Waals surface area contributed by atoms with E-state index in [0.717, 1.165) is 31.6 Å². The molecule has 0 atom stereocenters. The molecule has 0 amide bonds. The van der Waals surface area contributed by atoms with Crippen LogP contribution in [0.4, 0.5) is 20.2 Å². The molecule has 0 radical (unpaired) electrons. The number of rotatable bonds is 7. The Bertz CT molecular complexity index is 704. The van der Waals surface area contributed by atoms with Crippen LogP contribution in [0.5, 0.6) is 0 Å². The van der Waals surface area contributed by atoms with E-state index in [0.29, 0.717) is 17.3 Å². The van der Waals surface area contributed by atoms with E-state index in [2.05, 4.69) is 53.6 Å². The summed E-state index contributed by atoms with van der Waals surface area (Å²) in [5.74, 6) is -1.77. The molecule has 3 nitrogen and oxygen atoms in total. The molecule has 0 saturated heterocycles. The van der Waals surface area contributed by atoms with Crippen LogP contribution in [0.1, 0.15) is 18.9 Å². The molecule has 0 saturated carbocycles.